The van der Waals surface area contributed by atoms with E-state index in [1.54, 1.807) is 23.2 Å². The van der Waals surface area contributed by atoms with Crippen LogP contribution in [0.4, 0.5) is 5.82 Å². The SMILES string of the molecule is C/C(=C\C(=C/CC(=O)Nc1cnc(C)cn1)Oc1cnc(C(=O)N2CCC2)cn1)OC1CCOCC1. The Bertz CT molecular complexity index is 1110. The summed E-state index contributed by atoms with van der Waals surface area (Å²) in [5.74, 6) is 1.13. The number of nitrogens with one attached hydrogen (secondary N) is 1. The molecule has 2 aromatic rings. The predicted molar refractivity (Wildman–Crippen MR) is 130 cm³/mol. The molecule has 0 bridgehead atoms. The van der Waals surface area contributed by atoms with Crippen LogP contribution in [0.15, 0.2) is 48.5 Å². The molecule has 2 saturated heterocycles. The molecular formula is C25H30N6O5. The quantitative estimate of drug-likeness (QED) is 0.413. The second-order valence-corrected chi connectivity index (χ2v) is 8.57. The minimum absolute atomic E-state index is 0.0187. The summed E-state index contributed by atoms with van der Waals surface area (Å²) in [5, 5.41) is 2.70. The van der Waals surface area contributed by atoms with Crippen LogP contribution in [0.2, 0.25) is 0 Å². The maximum Gasteiger partial charge on any atom is 0.274 e. The lowest BCUT2D eigenvalue weighted by atomic mass is 10.1. The summed E-state index contributed by atoms with van der Waals surface area (Å²) in [7, 11) is 0. The summed E-state index contributed by atoms with van der Waals surface area (Å²) in [5.41, 5.74) is 1.02. The van der Waals surface area contributed by atoms with Crippen molar-refractivity contribution in [3.8, 4) is 5.88 Å². The third-order valence-corrected chi connectivity index (χ3v) is 5.62. The predicted octanol–water partition coefficient (Wildman–Crippen LogP) is 2.81. The molecule has 1 N–H and O–H groups in total. The zero-order chi connectivity index (χ0) is 25.3. The molecular weight excluding hydrogens is 464 g/mol. The fourth-order valence-corrected chi connectivity index (χ4v) is 3.55. The highest BCUT2D eigenvalue weighted by Gasteiger charge is 2.23. The van der Waals surface area contributed by atoms with Gasteiger partial charge < -0.3 is 24.4 Å². The van der Waals surface area contributed by atoms with Crippen LogP contribution in [0, 0.1) is 6.92 Å². The van der Waals surface area contributed by atoms with Gasteiger partial charge in [0.05, 0.1) is 49.5 Å². The summed E-state index contributed by atoms with van der Waals surface area (Å²) in [4.78, 5) is 43.2. The van der Waals surface area contributed by atoms with Crippen LogP contribution < -0.4 is 10.1 Å². The number of rotatable bonds is 9. The van der Waals surface area contributed by atoms with E-state index in [0.29, 0.717) is 30.5 Å². The largest absolute Gasteiger partial charge is 0.495 e. The number of hydrogen-bond donors (Lipinski definition) is 1. The average Bonchev–Trinajstić information content (AvgIpc) is 2.84. The minimum atomic E-state index is -0.285. The zero-order valence-electron chi connectivity index (χ0n) is 20.5. The summed E-state index contributed by atoms with van der Waals surface area (Å²) in [6.45, 7) is 6.44. The molecule has 0 atom stereocenters. The minimum Gasteiger partial charge on any atom is -0.495 e. The van der Waals surface area contributed by atoms with Gasteiger partial charge >= 0.3 is 0 Å². The topological polar surface area (TPSA) is 129 Å². The molecule has 0 aromatic carbocycles. The first-order valence-corrected chi connectivity index (χ1v) is 12.0. The van der Waals surface area contributed by atoms with E-state index in [-0.39, 0.29) is 35.9 Å². The highest BCUT2D eigenvalue weighted by atomic mass is 16.5. The number of hydrogen-bond acceptors (Lipinski definition) is 9. The second kappa shape index (κ2) is 12.2. The third-order valence-electron chi connectivity index (χ3n) is 5.62. The Morgan fingerprint density at radius 3 is 2.56 bits per heavy atom. The van der Waals surface area contributed by atoms with Gasteiger partial charge in [-0.25, -0.2) is 15.0 Å². The van der Waals surface area contributed by atoms with E-state index in [9.17, 15) is 9.59 Å². The van der Waals surface area contributed by atoms with Gasteiger partial charge in [-0.1, -0.05) is 0 Å². The van der Waals surface area contributed by atoms with Crippen LogP contribution in [0.5, 0.6) is 5.88 Å². The molecule has 2 aliphatic rings. The van der Waals surface area contributed by atoms with E-state index in [4.69, 9.17) is 14.2 Å². The van der Waals surface area contributed by atoms with E-state index in [2.05, 4.69) is 25.3 Å². The monoisotopic (exact) mass is 494 g/mol. The van der Waals surface area contributed by atoms with Gasteiger partial charge in [0.2, 0.25) is 11.8 Å². The van der Waals surface area contributed by atoms with Gasteiger partial charge in [0.15, 0.2) is 5.82 Å². The average molecular weight is 495 g/mol. The molecule has 2 amide bonds. The van der Waals surface area contributed by atoms with Crippen molar-refractivity contribution in [1.82, 2.24) is 24.8 Å². The standard InChI is InChI=1S/C25H30N6O5/c1-17-13-28-22(15-26-17)30-23(32)5-4-20(12-18(2)35-19-6-10-34-11-7-19)36-24-16-27-21(14-29-24)25(33)31-8-3-9-31/h4,12-16,19H,3,5-11H2,1-2H3,(H,28,30,32)/b18-12+,20-4+. The zero-order valence-corrected chi connectivity index (χ0v) is 20.5. The van der Waals surface area contributed by atoms with Gasteiger partial charge in [0.1, 0.15) is 17.6 Å². The molecule has 0 saturated carbocycles. The number of carbonyl (C=O) groups is 2. The van der Waals surface area contributed by atoms with Crippen LogP contribution in [0.25, 0.3) is 0 Å². The lowest BCUT2D eigenvalue weighted by Crippen LogP contribution is -2.42. The summed E-state index contributed by atoms with van der Waals surface area (Å²) >= 11 is 0. The number of anilines is 1. The number of ether oxygens (including phenoxy) is 3. The molecule has 2 aromatic heterocycles. The molecule has 0 aliphatic carbocycles. The fraction of sp³-hybridized carbons (Fsp3) is 0.440. The molecule has 2 aliphatic heterocycles. The van der Waals surface area contributed by atoms with Crippen molar-refractivity contribution in [2.45, 2.75) is 45.6 Å². The highest BCUT2D eigenvalue weighted by Crippen LogP contribution is 2.18. The first-order chi connectivity index (χ1) is 17.5. The molecule has 190 valence electrons. The molecule has 36 heavy (non-hydrogen) atoms. The molecule has 0 spiro atoms. The number of likely N-dealkylation sites (tertiary alicyclic amines) is 1. The molecule has 11 nitrogen and oxygen atoms in total. The first-order valence-electron chi connectivity index (χ1n) is 12.0. The summed E-state index contributed by atoms with van der Waals surface area (Å²) < 4.78 is 17.3. The second-order valence-electron chi connectivity index (χ2n) is 8.57. The molecule has 0 unspecified atom stereocenters. The number of carbonyl (C=O) groups excluding carboxylic acids is 2. The Balaban J connectivity index is 1.44. The van der Waals surface area contributed by atoms with Crippen LogP contribution in [-0.4, -0.2) is 69.1 Å². The first kappa shape index (κ1) is 25.2. The van der Waals surface area contributed by atoms with Crippen molar-refractivity contribution in [3.63, 3.8) is 0 Å². The smallest absolute Gasteiger partial charge is 0.274 e. The van der Waals surface area contributed by atoms with E-state index in [1.807, 2.05) is 13.8 Å². The highest BCUT2D eigenvalue weighted by molar-refractivity contribution is 5.92. The maximum atomic E-state index is 12.5. The number of amides is 2. The Kier molecular flexibility index (Phi) is 8.56. The van der Waals surface area contributed by atoms with Crippen LogP contribution in [0.3, 0.4) is 0 Å². The van der Waals surface area contributed by atoms with E-state index in [1.165, 1.54) is 18.6 Å². The molecule has 2 fully saturated rings. The van der Waals surface area contributed by atoms with Crippen molar-refractivity contribution in [2.24, 2.45) is 0 Å². The molecule has 4 rings (SSSR count). The number of aryl methyl sites for hydroxylation is 1. The van der Waals surface area contributed by atoms with Crippen molar-refractivity contribution < 1.29 is 23.8 Å². The maximum absolute atomic E-state index is 12.5. The van der Waals surface area contributed by atoms with Gasteiger partial charge in [0.25, 0.3) is 5.91 Å². The molecule has 4 heterocycles. The number of nitrogens with zero attached hydrogens (tertiary/aromatic N) is 5. The van der Waals surface area contributed by atoms with Crippen LogP contribution >= 0.6 is 0 Å². The van der Waals surface area contributed by atoms with E-state index >= 15 is 0 Å². The lowest BCUT2D eigenvalue weighted by Gasteiger charge is -2.30. The van der Waals surface area contributed by atoms with Crippen LogP contribution in [-0.2, 0) is 14.3 Å². The number of aromatic nitrogens is 4. The number of allylic oxidation sites excluding steroid dienone is 2. The Labute approximate surface area is 209 Å². The Morgan fingerprint density at radius 1 is 1.11 bits per heavy atom. The van der Waals surface area contributed by atoms with Gasteiger partial charge in [-0.15, -0.1) is 0 Å². The Morgan fingerprint density at radius 2 is 1.92 bits per heavy atom. The van der Waals surface area contributed by atoms with Gasteiger partial charge in [-0.05, 0) is 26.3 Å². The lowest BCUT2D eigenvalue weighted by molar-refractivity contribution is -0.115. The van der Waals surface area contributed by atoms with Crippen molar-refractivity contribution in [3.05, 3.63) is 59.8 Å². The van der Waals surface area contributed by atoms with Gasteiger partial charge in [0, 0.05) is 38.4 Å². The molecule has 11 heteroatoms. The van der Waals surface area contributed by atoms with E-state index < -0.39 is 0 Å². The van der Waals surface area contributed by atoms with Crippen LogP contribution in [0.1, 0.15) is 48.8 Å². The normalized spacial score (nSPS) is 16.8. The molecule has 0 radical (unpaired) electrons. The third kappa shape index (κ3) is 7.32. The summed E-state index contributed by atoms with van der Waals surface area (Å²) in [6.07, 6.45) is 11.9. The van der Waals surface area contributed by atoms with Gasteiger partial charge in [-0.3, -0.25) is 14.6 Å². The van der Waals surface area contributed by atoms with E-state index in [0.717, 1.165) is 38.0 Å². The Hall–Kier alpha value is -3.86. The fourth-order valence-electron chi connectivity index (χ4n) is 3.55. The summed E-state index contributed by atoms with van der Waals surface area (Å²) in [6, 6.07) is 0. The van der Waals surface area contributed by atoms with Crippen molar-refractivity contribution in [1.29, 1.82) is 0 Å². The van der Waals surface area contributed by atoms with Crippen molar-refractivity contribution in [2.75, 3.05) is 31.6 Å². The van der Waals surface area contributed by atoms with Gasteiger partial charge in [-0.2, -0.15) is 0 Å². The van der Waals surface area contributed by atoms with Crippen molar-refractivity contribution >= 4 is 17.6 Å².